The number of carbonyl (C=O) groups excluding carboxylic acids is 1. The van der Waals surface area contributed by atoms with Gasteiger partial charge in [0.2, 0.25) is 0 Å². The van der Waals surface area contributed by atoms with Gasteiger partial charge < -0.3 is 0 Å². The van der Waals surface area contributed by atoms with Gasteiger partial charge in [-0.25, -0.2) is 0 Å². The molecule has 1 N–H and O–H groups in total. The van der Waals surface area contributed by atoms with Gasteiger partial charge in [-0.05, 0) is 16.7 Å². The predicted octanol–water partition coefficient (Wildman–Crippen LogP) is 3.10. The van der Waals surface area contributed by atoms with E-state index >= 15 is 0 Å². The van der Waals surface area contributed by atoms with Crippen LogP contribution in [0.25, 0.3) is 0 Å². The molecule has 3 aromatic carbocycles. The zero-order valence-corrected chi connectivity index (χ0v) is 23.7. The van der Waals surface area contributed by atoms with Crippen LogP contribution in [0.4, 0.5) is 0 Å². The first-order valence-corrected chi connectivity index (χ1v) is 16.2. The molecular weight excluding hydrogens is 587 g/mol. The summed E-state index contributed by atoms with van der Waals surface area (Å²) in [6.07, 6.45) is 3.60. The van der Waals surface area contributed by atoms with Crippen molar-refractivity contribution in [2.75, 3.05) is 23.0 Å². The Morgan fingerprint density at radius 2 is 1.46 bits per heavy atom. The van der Waals surface area contributed by atoms with E-state index < -0.39 is 21.6 Å². The minimum Gasteiger partial charge on any atom is -0.0622 e. The quantitative estimate of drug-likeness (QED) is 0.0846. The number of thioether (sulfide) groups is 2. The normalized spacial score (nSPS) is 12.1. The minimum absolute atomic E-state index is 0.169. The predicted molar refractivity (Wildman–Crippen MR) is 146 cm³/mol. The SMILES string of the molecule is C[I-]OC(=O)CSC(C)=N/C=C\NCCSC(c1ccccc1)(c1ccccc1)c1ccccc1. The molecule has 35 heavy (non-hydrogen) atoms. The molecule has 0 unspecified atom stereocenters. The van der Waals surface area contributed by atoms with E-state index in [0.29, 0.717) is 5.75 Å². The number of alkyl halides is 1. The second-order valence-corrected chi connectivity index (χ2v) is 11.2. The molecule has 0 aliphatic carbocycles. The topological polar surface area (TPSA) is 50.7 Å². The molecule has 0 atom stereocenters. The third kappa shape index (κ3) is 8.15. The van der Waals surface area contributed by atoms with Gasteiger partial charge in [0, 0.05) is 0 Å². The van der Waals surface area contributed by atoms with Gasteiger partial charge in [0.25, 0.3) is 0 Å². The summed E-state index contributed by atoms with van der Waals surface area (Å²) >= 11 is 2.85. The molecule has 7 heteroatoms. The second kappa shape index (κ2) is 15.0. The number of nitrogens with zero attached hydrogens (tertiary/aromatic N) is 1. The molecule has 0 spiro atoms. The number of hydrogen-bond acceptors (Lipinski definition) is 6. The number of rotatable bonds is 12. The molecule has 0 bridgehead atoms. The van der Waals surface area contributed by atoms with Crippen molar-refractivity contribution in [2.45, 2.75) is 11.7 Å². The van der Waals surface area contributed by atoms with Crippen LogP contribution in [0.5, 0.6) is 0 Å². The smallest absolute Gasteiger partial charge is 0.0622 e. The van der Waals surface area contributed by atoms with E-state index in [1.807, 2.05) is 29.8 Å². The van der Waals surface area contributed by atoms with E-state index in [-0.39, 0.29) is 10.7 Å². The number of halogens is 1. The first kappa shape index (κ1) is 27.4. The van der Waals surface area contributed by atoms with E-state index in [4.69, 9.17) is 3.07 Å². The molecular formula is C28H30IN2O2S2-. The van der Waals surface area contributed by atoms with Crippen LogP contribution in [-0.2, 0) is 12.6 Å². The first-order valence-electron chi connectivity index (χ1n) is 11.2. The molecule has 4 nitrogen and oxygen atoms in total. The molecule has 0 heterocycles. The van der Waals surface area contributed by atoms with E-state index in [0.717, 1.165) is 17.3 Å². The van der Waals surface area contributed by atoms with Crippen LogP contribution in [-0.4, -0.2) is 34.0 Å². The summed E-state index contributed by atoms with van der Waals surface area (Å²) in [7, 11) is 0. The molecule has 0 amide bonds. The Balaban J connectivity index is 1.68. The van der Waals surface area contributed by atoms with Gasteiger partial charge in [0.15, 0.2) is 0 Å². The molecule has 3 rings (SSSR count). The molecule has 0 aliphatic rings. The number of nitrogens with one attached hydrogen (secondary N) is 1. The Bertz CT molecular complexity index is 997. The number of hydrogen-bond donors (Lipinski definition) is 1. The Labute approximate surface area is 227 Å². The van der Waals surface area contributed by atoms with E-state index in [1.54, 1.807) is 6.20 Å². The fourth-order valence-electron chi connectivity index (χ4n) is 3.62. The van der Waals surface area contributed by atoms with Crippen molar-refractivity contribution in [1.29, 1.82) is 0 Å². The van der Waals surface area contributed by atoms with Crippen molar-refractivity contribution in [1.82, 2.24) is 5.32 Å². The number of aliphatic imine (C=N–C) groups is 1. The zero-order valence-electron chi connectivity index (χ0n) is 19.9. The monoisotopic (exact) mass is 617 g/mol. The summed E-state index contributed by atoms with van der Waals surface area (Å²) in [5.74, 6) is 1.03. The van der Waals surface area contributed by atoms with E-state index in [9.17, 15) is 4.79 Å². The minimum atomic E-state index is -0.469. The summed E-state index contributed by atoms with van der Waals surface area (Å²) in [6.45, 7) is 2.69. The summed E-state index contributed by atoms with van der Waals surface area (Å²) in [5, 5.41) is 4.18. The van der Waals surface area contributed by atoms with Crippen LogP contribution in [0, 0.1) is 0 Å². The number of benzene rings is 3. The molecule has 3 aromatic rings. The van der Waals surface area contributed by atoms with Crippen molar-refractivity contribution < 1.29 is 29.5 Å². The Morgan fingerprint density at radius 1 is 0.943 bits per heavy atom. The van der Waals surface area contributed by atoms with Gasteiger partial charge in [-0.3, -0.25) is 0 Å². The molecule has 0 aliphatic heterocycles. The first-order chi connectivity index (χ1) is 17.2. The van der Waals surface area contributed by atoms with Crippen LogP contribution >= 0.6 is 23.5 Å². The summed E-state index contributed by atoms with van der Waals surface area (Å²) in [4.78, 5) is 17.8. The molecule has 184 valence electrons. The van der Waals surface area contributed by atoms with Gasteiger partial charge in [-0.1, -0.05) is 91.0 Å². The second-order valence-electron chi connectivity index (χ2n) is 7.44. The molecule has 0 fully saturated rings. The van der Waals surface area contributed by atoms with Crippen LogP contribution in [0.2, 0.25) is 0 Å². The van der Waals surface area contributed by atoms with Gasteiger partial charge in [-0.2, -0.15) is 0 Å². The maximum atomic E-state index is 11.5. The summed E-state index contributed by atoms with van der Waals surface area (Å²) in [6, 6.07) is 32.2. The van der Waals surface area contributed by atoms with E-state index in [2.05, 4.69) is 101 Å². The van der Waals surface area contributed by atoms with Crippen molar-refractivity contribution in [3.63, 3.8) is 0 Å². The number of carbonyl (C=O) groups is 1. The summed E-state index contributed by atoms with van der Waals surface area (Å²) in [5.41, 5.74) is 3.79. The van der Waals surface area contributed by atoms with Crippen molar-refractivity contribution >= 4 is 34.5 Å². The Morgan fingerprint density at radius 3 is 1.94 bits per heavy atom. The molecule has 0 radical (unpaired) electrons. The fraction of sp³-hybridized carbons (Fsp3) is 0.214. The van der Waals surface area contributed by atoms with Gasteiger partial charge in [-0.15, -0.1) is 0 Å². The Kier molecular flexibility index (Phi) is 11.7. The van der Waals surface area contributed by atoms with Crippen LogP contribution < -0.4 is 26.9 Å². The van der Waals surface area contributed by atoms with E-state index in [1.165, 1.54) is 28.5 Å². The van der Waals surface area contributed by atoms with Crippen molar-refractivity contribution in [3.05, 3.63) is 120 Å². The fourth-order valence-corrected chi connectivity index (χ4v) is 6.43. The van der Waals surface area contributed by atoms with Crippen LogP contribution in [0.3, 0.4) is 0 Å². The molecule has 0 aromatic heterocycles. The zero-order chi connectivity index (χ0) is 24.8. The Hall–Kier alpha value is -2.23. The third-order valence-corrected chi connectivity index (χ3v) is 8.50. The average Bonchev–Trinajstić information content (AvgIpc) is 2.91. The third-order valence-electron chi connectivity index (χ3n) is 5.12. The van der Waals surface area contributed by atoms with Crippen LogP contribution in [0.15, 0.2) is 108 Å². The maximum absolute atomic E-state index is 11.5. The molecule has 0 saturated carbocycles. The average molecular weight is 618 g/mol. The van der Waals surface area contributed by atoms with Gasteiger partial charge in [0.1, 0.15) is 0 Å². The van der Waals surface area contributed by atoms with Crippen molar-refractivity contribution in [3.8, 4) is 0 Å². The van der Waals surface area contributed by atoms with Crippen molar-refractivity contribution in [2.24, 2.45) is 4.99 Å². The van der Waals surface area contributed by atoms with Gasteiger partial charge in [0.05, 0.1) is 4.75 Å². The summed E-state index contributed by atoms with van der Waals surface area (Å²) < 4.78 is 4.74. The van der Waals surface area contributed by atoms with Gasteiger partial charge >= 0.3 is 117 Å². The van der Waals surface area contributed by atoms with Crippen LogP contribution in [0.1, 0.15) is 23.6 Å². The standard InChI is InChI=1S/C28H30IN2O2S2/c1-23(34-22-27(32)33-29-2)31-19-18-30-20-21-35-28(24-12-6-3-7-13-24,25-14-8-4-9-15-25)26-16-10-5-11-17-26/h3-19,30H,20-22H2,1-2H3/q-1/b19-18-,31-23?. The molecule has 0 saturated heterocycles.